The Morgan fingerprint density at radius 3 is 2.46 bits per heavy atom. The molecule has 1 N–H and O–H groups in total. The Bertz CT molecular complexity index is 989. The molecule has 0 spiro atoms. The summed E-state index contributed by atoms with van der Waals surface area (Å²) in [7, 11) is 1.61. The number of rotatable bonds is 6. The van der Waals surface area contributed by atoms with Crippen molar-refractivity contribution in [2.24, 2.45) is 5.92 Å². The number of ether oxygens (including phenoxy) is 1. The lowest BCUT2D eigenvalue weighted by atomic mass is 10.0. The lowest BCUT2D eigenvalue weighted by molar-refractivity contribution is -0.116. The summed E-state index contributed by atoms with van der Waals surface area (Å²) in [4.78, 5) is 30.1. The van der Waals surface area contributed by atoms with Crippen LogP contribution in [0.4, 0.5) is 11.4 Å². The zero-order chi connectivity index (χ0) is 25.2. The number of hydrogen-bond donors (Lipinski definition) is 1. The minimum absolute atomic E-state index is 0.0469. The number of carbonyl (C=O) groups is 2. The largest absolute Gasteiger partial charge is 0.497 e. The summed E-state index contributed by atoms with van der Waals surface area (Å²) in [6.45, 7) is 9.63. The number of nitrogens with one attached hydrogen (secondary N) is 1. The van der Waals surface area contributed by atoms with Crippen LogP contribution in [0.2, 0.25) is 0 Å². The fourth-order valence-electron chi connectivity index (χ4n) is 4.56. The van der Waals surface area contributed by atoms with Gasteiger partial charge in [-0.05, 0) is 74.2 Å². The molecule has 0 bridgehead atoms. The molecule has 0 radical (unpaired) electrons. The Balaban J connectivity index is 1.92. The first-order chi connectivity index (χ1) is 16.9. The van der Waals surface area contributed by atoms with E-state index in [2.05, 4.69) is 24.1 Å². The normalized spacial score (nSPS) is 15.6. The van der Waals surface area contributed by atoms with Crippen molar-refractivity contribution in [1.82, 2.24) is 4.90 Å². The molecule has 6 nitrogen and oxygen atoms in total. The maximum absolute atomic E-state index is 13.1. The molecule has 0 saturated heterocycles. The first kappa shape index (κ1) is 26.7. The second-order valence-corrected chi connectivity index (χ2v) is 9.93. The fourth-order valence-corrected chi connectivity index (χ4v) is 4.56. The van der Waals surface area contributed by atoms with Gasteiger partial charge in [0.25, 0.3) is 5.91 Å². The van der Waals surface area contributed by atoms with E-state index < -0.39 is 0 Å². The minimum Gasteiger partial charge on any atom is -0.497 e. The van der Waals surface area contributed by atoms with E-state index in [0.29, 0.717) is 29.5 Å². The van der Waals surface area contributed by atoms with Gasteiger partial charge in [-0.25, -0.2) is 0 Å². The Labute approximate surface area is 210 Å². The highest BCUT2D eigenvalue weighted by Gasteiger charge is 2.20. The molecule has 0 atom stereocenters. The summed E-state index contributed by atoms with van der Waals surface area (Å²) in [5.41, 5.74) is 3.23. The van der Waals surface area contributed by atoms with Gasteiger partial charge in [-0.2, -0.15) is 0 Å². The summed E-state index contributed by atoms with van der Waals surface area (Å²) in [6, 6.07) is 13.1. The fraction of sp³-hybridized carbons (Fsp3) is 0.517. The first-order valence-corrected chi connectivity index (χ1v) is 13.0. The van der Waals surface area contributed by atoms with Crippen LogP contribution in [0.15, 0.2) is 42.5 Å². The molecule has 3 rings (SSSR count). The van der Waals surface area contributed by atoms with Gasteiger partial charge in [0.1, 0.15) is 5.75 Å². The SMILES string of the molecule is COc1cccc(NC(=O)c2ccc3c(c2)CN(CCC(C)C)CCCCCCCN3C(C)=O)c1. The molecule has 0 saturated carbocycles. The molecule has 1 aliphatic heterocycles. The molecule has 0 aliphatic carbocycles. The third-order valence-electron chi connectivity index (χ3n) is 6.61. The molecular formula is C29H41N3O3. The van der Waals surface area contributed by atoms with Gasteiger partial charge in [-0.1, -0.05) is 39.2 Å². The molecule has 2 amide bonds. The van der Waals surface area contributed by atoms with E-state index in [-0.39, 0.29) is 11.8 Å². The third kappa shape index (κ3) is 8.10. The van der Waals surface area contributed by atoms with Crippen molar-refractivity contribution in [3.05, 3.63) is 53.6 Å². The molecule has 6 heteroatoms. The lowest BCUT2D eigenvalue weighted by Gasteiger charge is -2.29. The quantitative estimate of drug-likeness (QED) is 0.543. The summed E-state index contributed by atoms with van der Waals surface area (Å²) < 4.78 is 5.27. The zero-order valence-corrected chi connectivity index (χ0v) is 21.8. The van der Waals surface area contributed by atoms with E-state index in [9.17, 15) is 9.59 Å². The average Bonchev–Trinajstić information content (AvgIpc) is 2.83. The minimum atomic E-state index is -0.171. The molecule has 2 aromatic rings. The van der Waals surface area contributed by atoms with E-state index in [4.69, 9.17) is 4.74 Å². The van der Waals surface area contributed by atoms with E-state index in [1.54, 1.807) is 20.1 Å². The van der Waals surface area contributed by atoms with Crippen molar-refractivity contribution >= 4 is 23.2 Å². The van der Waals surface area contributed by atoms with Gasteiger partial charge >= 0.3 is 0 Å². The van der Waals surface area contributed by atoms with Crippen LogP contribution >= 0.6 is 0 Å². The maximum atomic E-state index is 13.1. The summed E-state index contributed by atoms with van der Waals surface area (Å²) in [5, 5.41) is 2.98. The number of amides is 2. The van der Waals surface area contributed by atoms with Crippen molar-refractivity contribution in [3.8, 4) is 5.75 Å². The van der Waals surface area contributed by atoms with Gasteiger partial charge in [-0.15, -0.1) is 0 Å². The van der Waals surface area contributed by atoms with Crippen molar-refractivity contribution in [2.75, 3.05) is 37.0 Å². The second-order valence-electron chi connectivity index (χ2n) is 9.93. The van der Waals surface area contributed by atoms with E-state index >= 15 is 0 Å². The lowest BCUT2D eigenvalue weighted by Crippen LogP contribution is -2.33. The van der Waals surface area contributed by atoms with Gasteiger partial charge in [-0.3, -0.25) is 14.5 Å². The highest BCUT2D eigenvalue weighted by atomic mass is 16.5. The van der Waals surface area contributed by atoms with Gasteiger partial charge in [0.15, 0.2) is 0 Å². The van der Waals surface area contributed by atoms with Crippen LogP contribution in [0.5, 0.6) is 5.75 Å². The van der Waals surface area contributed by atoms with Crippen LogP contribution in [-0.4, -0.2) is 43.5 Å². The van der Waals surface area contributed by atoms with Gasteiger partial charge in [0, 0.05) is 43.0 Å². The monoisotopic (exact) mass is 479 g/mol. The molecule has 1 heterocycles. The number of nitrogens with zero attached hydrogens (tertiary/aromatic N) is 2. The molecular weight excluding hydrogens is 438 g/mol. The predicted molar refractivity (Wildman–Crippen MR) is 143 cm³/mol. The first-order valence-electron chi connectivity index (χ1n) is 13.0. The Kier molecular flexibility index (Phi) is 10.2. The molecule has 0 aromatic heterocycles. The summed E-state index contributed by atoms with van der Waals surface area (Å²) in [6.07, 6.45) is 6.86. The predicted octanol–water partition coefficient (Wildman–Crippen LogP) is 6.11. The van der Waals surface area contributed by atoms with Crippen molar-refractivity contribution in [1.29, 1.82) is 0 Å². The Hall–Kier alpha value is -2.86. The van der Waals surface area contributed by atoms with Gasteiger partial charge < -0.3 is 15.0 Å². The van der Waals surface area contributed by atoms with Crippen LogP contribution < -0.4 is 15.0 Å². The molecule has 2 aromatic carbocycles. The molecule has 190 valence electrons. The topological polar surface area (TPSA) is 61.9 Å². The van der Waals surface area contributed by atoms with E-state index in [1.807, 2.05) is 41.3 Å². The van der Waals surface area contributed by atoms with Gasteiger partial charge in [0.05, 0.1) is 7.11 Å². The highest BCUT2D eigenvalue weighted by molar-refractivity contribution is 6.05. The Morgan fingerprint density at radius 1 is 1.00 bits per heavy atom. The van der Waals surface area contributed by atoms with Gasteiger partial charge in [0.2, 0.25) is 5.91 Å². The summed E-state index contributed by atoms with van der Waals surface area (Å²) >= 11 is 0. The van der Waals surface area contributed by atoms with Crippen molar-refractivity contribution in [2.45, 2.75) is 65.8 Å². The average molecular weight is 480 g/mol. The van der Waals surface area contributed by atoms with E-state index in [1.165, 1.54) is 19.3 Å². The zero-order valence-electron chi connectivity index (χ0n) is 21.8. The van der Waals surface area contributed by atoms with Crippen LogP contribution in [0.1, 0.15) is 75.2 Å². The smallest absolute Gasteiger partial charge is 0.255 e. The maximum Gasteiger partial charge on any atom is 0.255 e. The Morgan fingerprint density at radius 2 is 1.74 bits per heavy atom. The van der Waals surface area contributed by atoms with Crippen LogP contribution in [-0.2, 0) is 11.3 Å². The number of anilines is 2. The molecule has 0 fully saturated rings. The number of carbonyl (C=O) groups excluding carboxylic acids is 2. The van der Waals surface area contributed by atoms with Crippen molar-refractivity contribution < 1.29 is 14.3 Å². The summed E-state index contributed by atoms with van der Waals surface area (Å²) in [5.74, 6) is 1.20. The van der Waals surface area contributed by atoms with Crippen LogP contribution in [0.3, 0.4) is 0 Å². The van der Waals surface area contributed by atoms with Crippen LogP contribution in [0.25, 0.3) is 0 Å². The number of benzene rings is 2. The highest BCUT2D eigenvalue weighted by Crippen LogP contribution is 2.27. The third-order valence-corrected chi connectivity index (χ3v) is 6.61. The number of hydrogen-bond acceptors (Lipinski definition) is 4. The van der Waals surface area contributed by atoms with E-state index in [0.717, 1.165) is 50.1 Å². The molecule has 35 heavy (non-hydrogen) atoms. The molecule has 1 aliphatic rings. The molecule has 0 unspecified atom stereocenters. The number of fused-ring (bicyclic) bond motifs is 1. The standard InChI is InChI=1S/C29H41N3O3/c1-22(2)15-18-31-16-8-6-5-7-9-17-32(23(3)33)28-14-13-24(19-25(28)21-31)29(34)30-26-11-10-12-27(20-26)35-4/h10-14,19-20,22H,5-9,15-18,21H2,1-4H3,(H,30,34). The van der Waals surface area contributed by atoms with Crippen molar-refractivity contribution in [3.63, 3.8) is 0 Å². The van der Waals surface area contributed by atoms with Crippen LogP contribution in [0, 0.1) is 5.92 Å². The number of methoxy groups -OCH3 is 1. The second kappa shape index (κ2) is 13.3.